The molecule has 0 aliphatic carbocycles. The minimum atomic E-state index is 0. The summed E-state index contributed by atoms with van der Waals surface area (Å²) in [6, 6.07) is 0. The van der Waals surface area contributed by atoms with Gasteiger partial charge in [-0.3, -0.25) is 4.99 Å². The molecule has 0 aliphatic rings. The zero-order chi connectivity index (χ0) is 15.7. The van der Waals surface area contributed by atoms with Gasteiger partial charge < -0.3 is 15.4 Å². The maximum atomic E-state index is 5.53. The fourth-order valence-corrected chi connectivity index (χ4v) is 2.51. The van der Waals surface area contributed by atoms with Crippen molar-refractivity contribution in [1.29, 1.82) is 0 Å². The summed E-state index contributed by atoms with van der Waals surface area (Å²) >= 11 is 1.68. The first-order chi connectivity index (χ1) is 10.0. The number of hydrogen-bond acceptors (Lipinski definition) is 4. The Labute approximate surface area is 155 Å². The Bertz CT molecular complexity index is 435. The summed E-state index contributed by atoms with van der Waals surface area (Å²) in [7, 11) is 1.77. The van der Waals surface area contributed by atoms with Crippen LogP contribution in [0, 0.1) is 5.92 Å². The molecule has 128 valence electrons. The van der Waals surface area contributed by atoms with Crippen LogP contribution in [0.1, 0.15) is 44.3 Å². The molecule has 0 aliphatic heterocycles. The van der Waals surface area contributed by atoms with Crippen molar-refractivity contribution in [2.45, 2.75) is 40.2 Å². The molecule has 0 saturated carbocycles. The van der Waals surface area contributed by atoms with E-state index in [4.69, 9.17) is 4.74 Å². The largest absolute Gasteiger partial charge is 0.379 e. The minimum absolute atomic E-state index is 0. The van der Waals surface area contributed by atoms with Crippen LogP contribution in [0.15, 0.2) is 10.4 Å². The average molecular weight is 440 g/mol. The average Bonchev–Trinajstić information content (AvgIpc) is 2.90. The molecule has 0 radical (unpaired) electrons. The summed E-state index contributed by atoms with van der Waals surface area (Å²) in [6.45, 7) is 11.5. The Hall–Kier alpha value is -0.410. The Morgan fingerprint density at radius 1 is 1.32 bits per heavy atom. The predicted octanol–water partition coefficient (Wildman–Crippen LogP) is 3.22. The molecule has 0 spiro atoms. The predicted molar refractivity (Wildman–Crippen MR) is 105 cm³/mol. The number of rotatable bonds is 8. The van der Waals surface area contributed by atoms with Gasteiger partial charge in [-0.05, 0) is 11.8 Å². The lowest BCUT2D eigenvalue weighted by atomic mass is 10.2. The minimum Gasteiger partial charge on any atom is -0.379 e. The van der Waals surface area contributed by atoms with Crippen LogP contribution in [-0.4, -0.2) is 37.7 Å². The van der Waals surface area contributed by atoms with Crippen LogP contribution in [0.3, 0.4) is 0 Å². The maximum Gasteiger partial charge on any atom is 0.191 e. The van der Waals surface area contributed by atoms with Gasteiger partial charge in [0, 0.05) is 25.6 Å². The molecular weight excluding hydrogens is 411 g/mol. The Balaban J connectivity index is 0.00000441. The highest BCUT2D eigenvalue weighted by atomic mass is 127. The Morgan fingerprint density at radius 2 is 2.05 bits per heavy atom. The third-order valence-electron chi connectivity index (χ3n) is 2.78. The molecule has 0 amide bonds. The number of nitrogens with one attached hydrogen (secondary N) is 2. The standard InChI is InChI=1S/C15H28N4OS.HI/c1-11(2)9-20-7-6-17-15(16-5)18-8-14-19-13(10-21-14)12(3)4;/h10-12H,6-9H2,1-5H3,(H2,16,17,18);1H. The normalized spacial score (nSPS) is 11.7. The number of hydrogen-bond donors (Lipinski definition) is 2. The van der Waals surface area contributed by atoms with Crippen LogP contribution in [-0.2, 0) is 11.3 Å². The fourth-order valence-electron chi connectivity index (χ4n) is 1.61. The van der Waals surface area contributed by atoms with Crippen molar-refractivity contribution in [2.75, 3.05) is 26.8 Å². The lowest BCUT2D eigenvalue weighted by molar-refractivity contribution is 0.114. The van der Waals surface area contributed by atoms with Crippen LogP contribution in [0.25, 0.3) is 0 Å². The molecule has 0 saturated heterocycles. The topological polar surface area (TPSA) is 58.5 Å². The smallest absolute Gasteiger partial charge is 0.191 e. The van der Waals surface area contributed by atoms with Crippen molar-refractivity contribution >= 4 is 41.3 Å². The molecule has 0 aromatic carbocycles. The van der Waals surface area contributed by atoms with E-state index in [9.17, 15) is 0 Å². The van der Waals surface area contributed by atoms with E-state index in [2.05, 4.69) is 53.7 Å². The van der Waals surface area contributed by atoms with Gasteiger partial charge in [-0.1, -0.05) is 27.7 Å². The highest BCUT2D eigenvalue weighted by Gasteiger charge is 2.06. The Morgan fingerprint density at radius 3 is 2.59 bits per heavy atom. The van der Waals surface area contributed by atoms with E-state index in [0.717, 1.165) is 29.8 Å². The van der Waals surface area contributed by atoms with E-state index < -0.39 is 0 Å². The molecule has 0 bridgehead atoms. The van der Waals surface area contributed by atoms with Gasteiger partial charge >= 0.3 is 0 Å². The summed E-state index contributed by atoms with van der Waals surface area (Å²) in [5, 5.41) is 9.71. The molecule has 7 heteroatoms. The third-order valence-corrected chi connectivity index (χ3v) is 3.65. The van der Waals surface area contributed by atoms with Gasteiger partial charge in [-0.25, -0.2) is 4.98 Å². The van der Waals surface area contributed by atoms with E-state index in [1.54, 1.807) is 18.4 Å². The van der Waals surface area contributed by atoms with E-state index in [1.165, 1.54) is 0 Å². The molecule has 2 N–H and O–H groups in total. The van der Waals surface area contributed by atoms with Gasteiger partial charge in [0.2, 0.25) is 0 Å². The molecule has 1 rings (SSSR count). The fraction of sp³-hybridized carbons (Fsp3) is 0.733. The van der Waals surface area contributed by atoms with Gasteiger partial charge in [0.15, 0.2) is 5.96 Å². The SMILES string of the molecule is CN=C(NCCOCC(C)C)NCc1nc(C(C)C)cs1.I. The molecule has 0 atom stereocenters. The summed E-state index contributed by atoms with van der Waals surface area (Å²) in [6.07, 6.45) is 0. The van der Waals surface area contributed by atoms with Crippen molar-refractivity contribution in [3.63, 3.8) is 0 Å². The van der Waals surface area contributed by atoms with Gasteiger partial charge in [0.1, 0.15) is 5.01 Å². The number of guanidine groups is 1. The van der Waals surface area contributed by atoms with Crippen LogP contribution in [0.5, 0.6) is 0 Å². The van der Waals surface area contributed by atoms with Gasteiger partial charge in [-0.15, -0.1) is 35.3 Å². The van der Waals surface area contributed by atoms with Crippen molar-refractivity contribution in [3.8, 4) is 0 Å². The molecule has 1 aromatic rings. The maximum absolute atomic E-state index is 5.53. The molecule has 0 unspecified atom stereocenters. The first-order valence-electron chi connectivity index (χ1n) is 7.49. The second kappa shape index (κ2) is 12.1. The van der Waals surface area contributed by atoms with Crippen LogP contribution in [0.4, 0.5) is 0 Å². The van der Waals surface area contributed by atoms with Gasteiger partial charge in [0.05, 0.1) is 18.8 Å². The third kappa shape index (κ3) is 8.89. The van der Waals surface area contributed by atoms with Crippen LogP contribution < -0.4 is 10.6 Å². The highest BCUT2D eigenvalue weighted by Crippen LogP contribution is 2.17. The Kier molecular flexibility index (Phi) is 11.8. The van der Waals surface area contributed by atoms with Crippen LogP contribution in [0.2, 0.25) is 0 Å². The van der Waals surface area contributed by atoms with Crippen molar-refractivity contribution in [1.82, 2.24) is 15.6 Å². The monoisotopic (exact) mass is 440 g/mol. The number of halogens is 1. The summed E-state index contributed by atoms with van der Waals surface area (Å²) in [4.78, 5) is 8.79. The first kappa shape index (κ1) is 21.6. The zero-order valence-electron chi connectivity index (χ0n) is 14.2. The number of thiazole rings is 1. The van der Waals surface area contributed by atoms with E-state index in [-0.39, 0.29) is 24.0 Å². The second-order valence-corrected chi connectivity index (χ2v) is 6.58. The number of nitrogens with zero attached hydrogens (tertiary/aromatic N) is 2. The van der Waals surface area contributed by atoms with E-state index >= 15 is 0 Å². The summed E-state index contributed by atoms with van der Waals surface area (Å²) in [5.74, 6) is 1.83. The molecule has 1 heterocycles. The number of ether oxygens (including phenoxy) is 1. The quantitative estimate of drug-likeness (QED) is 0.282. The van der Waals surface area contributed by atoms with Crippen molar-refractivity contribution in [2.24, 2.45) is 10.9 Å². The number of aromatic nitrogens is 1. The van der Waals surface area contributed by atoms with Gasteiger partial charge in [0.25, 0.3) is 0 Å². The molecule has 1 aromatic heterocycles. The molecule has 22 heavy (non-hydrogen) atoms. The van der Waals surface area contributed by atoms with E-state index in [1.807, 2.05) is 0 Å². The van der Waals surface area contributed by atoms with Crippen molar-refractivity contribution < 1.29 is 4.74 Å². The lowest BCUT2D eigenvalue weighted by Crippen LogP contribution is -2.38. The van der Waals surface area contributed by atoms with Crippen LogP contribution >= 0.6 is 35.3 Å². The number of aliphatic imine (C=N–C) groups is 1. The van der Waals surface area contributed by atoms with Crippen molar-refractivity contribution in [3.05, 3.63) is 16.1 Å². The first-order valence-corrected chi connectivity index (χ1v) is 8.37. The van der Waals surface area contributed by atoms with Gasteiger partial charge in [-0.2, -0.15) is 0 Å². The summed E-state index contributed by atoms with van der Waals surface area (Å²) in [5.41, 5.74) is 1.15. The lowest BCUT2D eigenvalue weighted by Gasteiger charge is -2.11. The highest BCUT2D eigenvalue weighted by molar-refractivity contribution is 14.0. The summed E-state index contributed by atoms with van der Waals surface area (Å²) < 4.78 is 5.53. The molecule has 0 fully saturated rings. The van der Waals surface area contributed by atoms with E-state index in [0.29, 0.717) is 25.0 Å². The zero-order valence-corrected chi connectivity index (χ0v) is 17.3. The second-order valence-electron chi connectivity index (χ2n) is 5.64. The molecule has 5 nitrogen and oxygen atoms in total. The molecular formula is C15H29IN4OS.